The van der Waals surface area contributed by atoms with Crippen LogP contribution in [0.15, 0.2) is 18.3 Å². The molecule has 0 unspecified atom stereocenters. The molecule has 1 heterocycles. The largest absolute Gasteiger partial charge is 0.397 e. The zero-order valence-corrected chi connectivity index (χ0v) is 11.7. The quantitative estimate of drug-likeness (QED) is 0.677. The molecule has 1 amide bonds. The molecule has 108 valence electrons. The topological polar surface area (TPSA) is 86.5 Å². The van der Waals surface area contributed by atoms with Gasteiger partial charge >= 0.3 is 0 Å². The van der Waals surface area contributed by atoms with Crippen molar-refractivity contribution >= 4 is 24.0 Å². The number of carbonyl (C=O) groups is 1. The molecule has 0 saturated heterocycles. The molecule has 0 atom stereocenters. The Morgan fingerprint density at radius 3 is 2.79 bits per heavy atom. The lowest BCUT2D eigenvalue weighted by Gasteiger charge is -2.06. The Morgan fingerprint density at radius 1 is 1.37 bits per heavy atom. The summed E-state index contributed by atoms with van der Waals surface area (Å²) in [6.45, 7) is 2.05. The summed E-state index contributed by atoms with van der Waals surface area (Å²) in [5.41, 5.74) is 6.79. The number of carbonyl (C=O) groups excluding carboxylic acids is 1. The van der Waals surface area contributed by atoms with Crippen molar-refractivity contribution in [3.05, 3.63) is 24.0 Å². The van der Waals surface area contributed by atoms with Crippen LogP contribution in [0.3, 0.4) is 0 Å². The third-order valence-electron chi connectivity index (χ3n) is 2.19. The van der Waals surface area contributed by atoms with Gasteiger partial charge in [-0.2, -0.15) is 0 Å². The van der Waals surface area contributed by atoms with E-state index in [1.807, 2.05) is 0 Å². The molecule has 0 aromatic carbocycles. The van der Waals surface area contributed by atoms with E-state index in [1.54, 1.807) is 19.2 Å². The van der Waals surface area contributed by atoms with E-state index in [4.69, 9.17) is 15.2 Å². The average Bonchev–Trinajstić information content (AvgIpc) is 2.36. The SMILES string of the molecule is COCCOCCNC(=O)Cc1ccc(N)cn1.Cl. The number of amides is 1. The molecule has 3 N–H and O–H groups in total. The van der Waals surface area contributed by atoms with E-state index in [0.717, 1.165) is 0 Å². The summed E-state index contributed by atoms with van der Waals surface area (Å²) in [5.74, 6) is -0.0809. The highest BCUT2D eigenvalue weighted by molar-refractivity contribution is 5.85. The van der Waals surface area contributed by atoms with Gasteiger partial charge in [0.15, 0.2) is 0 Å². The molecule has 0 bridgehead atoms. The average molecular weight is 290 g/mol. The molecule has 19 heavy (non-hydrogen) atoms. The molecular weight excluding hydrogens is 270 g/mol. The molecule has 1 aromatic rings. The minimum atomic E-state index is -0.0809. The van der Waals surface area contributed by atoms with Crippen molar-refractivity contribution in [3.63, 3.8) is 0 Å². The number of methoxy groups -OCH3 is 1. The lowest BCUT2D eigenvalue weighted by molar-refractivity contribution is -0.120. The van der Waals surface area contributed by atoms with Crippen LogP contribution in [0.1, 0.15) is 5.69 Å². The number of aromatic nitrogens is 1. The van der Waals surface area contributed by atoms with Crippen LogP contribution in [0.4, 0.5) is 5.69 Å². The fraction of sp³-hybridized carbons (Fsp3) is 0.500. The molecule has 0 saturated carbocycles. The van der Waals surface area contributed by atoms with Gasteiger partial charge in [-0.15, -0.1) is 12.4 Å². The van der Waals surface area contributed by atoms with E-state index >= 15 is 0 Å². The lowest BCUT2D eigenvalue weighted by atomic mass is 10.2. The summed E-state index contributed by atoms with van der Waals surface area (Å²) in [6, 6.07) is 3.47. The number of nitrogens with one attached hydrogen (secondary N) is 1. The maximum Gasteiger partial charge on any atom is 0.226 e. The monoisotopic (exact) mass is 289 g/mol. The number of pyridine rings is 1. The van der Waals surface area contributed by atoms with E-state index in [0.29, 0.717) is 37.7 Å². The molecule has 0 spiro atoms. The van der Waals surface area contributed by atoms with Gasteiger partial charge in [-0.1, -0.05) is 0 Å². The standard InChI is InChI=1S/C12H19N3O3.ClH/c1-17-6-7-18-5-4-14-12(16)8-11-3-2-10(13)9-15-11;/h2-3,9H,4-8,13H2,1H3,(H,14,16);1H. The maximum atomic E-state index is 11.5. The molecule has 0 aliphatic heterocycles. The second kappa shape index (κ2) is 10.5. The highest BCUT2D eigenvalue weighted by atomic mass is 35.5. The molecule has 7 heteroatoms. The first-order valence-corrected chi connectivity index (χ1v) is 5.76. The van der Waals surface area contributed by atoms with Gasteiger partial charge in [0.2, 0.25) is 5.91 Å². The van der Waals surface area contributed by atoms with Crippen molar-refractivity contribution in [2.45, 2.75) is 6.42 Å². The second-order valence-electron chi connectivity index (χ2n) is 3.71. The number of nitrogens with zero attached hydrogens (tertiary/aromatic N) is 1. The second-order valence-corrected chi connectivity index (χ2v) is 3.71. The number of halogens is 1. The molecule has 0 radical (unpaired) electrons. The van der Waals surface area contributed by atoms with Gasteiger partial charge in [-0.25, -0.2) is 0 Å². The van der Waals surface area contributed by atoms with Gasteiger partial charge in [0.1, 0.15) is 0 Å². The minimum absolute atomic E-state index is 0. The van der Waals surface area contributed by atoms with Crippen LogP contribution < -0.4 is 11.1 Å². The van der Waals surface area contributed by atoms with E-state index in [1.165, 1.54) is 6.20 Å². The van der Waals surface area contributed by atoms with E-state index in [9.17, 15) is 4.79 Å². The Kier molecular flexibility index (Phi) is 9.78. The molecule has 0 aliphatic carbocycles. The van der Waals surface area contributed by atoms with Crippen molar-refractivity contribution in [1.82, 2.24) is 10.3 Å². The van der Waals surface area contributed by atoms with Crippen LogP contribution >= 0.6 is 12.4 Å². The summed E-state index contributed by atoms with van der Waals surface area (Å²) >= 11 is 0. The Labute approximate surface area is 119 Å². The first-order chi connectivity index (χ1) is 8.72. The Morgan fingerprint density at radius 2 is 2.16 bits per heavy atom. The Bertz CT molecular complexity index is 360. The number of nitrogens with two attached hydrogens (primary N) is 1. The maximum absolute atomic E-state index is 11.5. The van der Waals surface area contributed by atoms with Crippen molar-refractivity contribution in [2.75, 3.05) is 39.2 Å². The number of rotatable bonds is 8. The highest BCUT2D eigenvalue weighted by Crippen LogP contribution is 2.01. The minimum Gasteiger partial charge on any atom is -0.397 e. The van der Waals surface area contributed by atoms with Crippen molar-refractivity contribution < 1.29 is 14.3 Å². The number of hydrogen-bond donors (Lipinski definition) is 2. The molecule has 0 aliphatic rings. The highest BCUT2D eigenvalue weighted by Gasteiger charge is 2.03. The Hall–Kier alpha value is -1.37. The molecule has 1 aromatic heterocycles. The van der Waals surface area contributed by atoms with Crippen LogP contribution in [0.2, 0.25) is 0 Å². The fourth-order valence-corrected chi connectivity index (χ4v) is 1.27. The van der Waals surface area contributed by atoms with Gasteiger partial charge in [-0.05, 0) is 12.1 Å². The predicted molar refractivity (Wildman–Crippen MR) is 75.3 cm³/mol. The zero-order valence-electron chi connectivity index (χ0n) is 10.9. The Balaban J connectivity index is 0.00000324. The number of nitrogen functional groups attached to an aromatic ring is 1. The smallest absolute Gasteiger partial charge is 0.226 e. The van der Waals surface area contributed by atoms with Crippen molar-refractivity contribution in [3.8, 4) is 0 Å². The summed E-state index contributed by atoms with van der Waals surface area (Å²) < 4.78 is 10.0. The predicted octanol–water partition coefficient (Wildman–Crippen LogP) is 0.407. The van der Waals surface area contributed by atoms with Gasteiger partial charge < -0.3 is 20.5 Å². The third-order valence-corrected chi connectivity index (χ3v) is 2.19. The third kappa shape index (κ3) is 8.36. The van der Waals surface area contributed by atoms with Gasteiger partial charge in [0.05, 0.1) is 38.1 Å². The summed E-state index contributed by atoms with van der Waals surface area (Å²) in [6.07, 6.45) is 1.79. The van der Waals surface area contributed by atoms with Crippen molar-refractivity contribution in [2.24, 2.45) is 0 Å². The summed E-state index contributed by atoms with van der Waals surface area (Å²) in [4.78, 5) is 15.6. The van der Waals surface area contributed by atoms with E-state index < -0.39 is 0 Å². The summed E-state index contributed by atoms with van der Waals surface area (Å²) in [7, 11) is 1.62. The van der Waals surface area contributed by atoms with Crippen LogP contribution in [0.5, 0.6) is 0 Å². The van der Waals surface area contributed by atoms with Gasteiger partial charge in [0.25, 0.3) is 0 Å². The van der Waals surface area contributed by atoms with Crippen LogP contribution in [-0.2, 0) is 20.7 Å². The number of ether oxygens (including phenoxy) is 2. The van der Waals surface area contributed by atoms with Crippen LogP contribution in [0.25, 0.3) is 0 Å². The van der Waals surface area contributed by atoms with Gasteiger partial charge in [0, 0.05) is 19.3 Å². The zero-order chi connectivity index (χ0) is 13.2. The fourth-order valence-electron chi connectivity index (χ4n) is 1.27. The molecule has 0 fully saturated rings. The first-order valence-electron chi connectivity index (χ1n) is 5.76. The van der Waals surface area contributed by atoms with Gasteiger partial charge in [-0.3, -0.25) is 9.78 Å². The number of anilines is 1. The molecule has 6 nitrogen and oxygen atoms in total. The molecular formula is C12H20ClN3O3. The summed E-state index contributed by atoms with van der Waals surface area (Å²) in [5, 5.41) is 2.75. The van der Waals surface area contributed by atoms with Crippen LogP contribution in [0, 0.1) is 0 Å². The van der Waals surface area contributed by atoms with E-state index in [-0.39, 0.29) is 24.7 Å². The normalized spacial score (nSPS) is 9.74. The number of hydrogen-bond acceptors (Lipinski definition) is 5. The molecule has 1 rings (SSSR count). The van der Waals surface area contributed by atoms with E-state index in [2.05, 4.69) is 10.3 Å². The first kappa shape index (κ1) is 17.6. The van der Waals surface area contributed by atoms with Crippen molar-refractivity contribution in [1.29, 1.82) is 0 Å². The lowest BCUT2D eigenvalue weighted by Crippen LogP contribution is -2.29. The van der Waals surface area contributed by atoms with Crippen LogP contribution in [-0.4, -0.2) is 44.4 Å².